The van der Waals surface area contributed by atoms with Crippen molar-refractivity contribution in [3.63, 3.8) is 0 Å². The van der Waals surface area contributed by atoms with Crippen LogP contribution in [-0.2, 0) is 42.6 Å². The lowest BCUT2D eigenvalue weighted by Crippen LogP contribution is -2.14. The molecule has 4 aromatic carbocycles. The molecule has 356 valence electrons. The minimum absolute atomic E-state index is 0.415. The lowest BCUT2D eigenvalue weighted by Gasteiger charge is -2.10. The van der Waals surface area contributed by atoms with E-state index in [0.717, 1.165) is 34.5 Å². The molecule has 0 spiro atoms. The van der Waals surface area contributed by atoms with E-state index in [9.17, 15) is 0 Å². The van der Waals surface area contributed by atoms with Gasteiger partial charge in [0.25, 0.3) is 0 Å². The van der Waals surface area contributed by atoms with Gasteiger partial charge in [-0.15, -0.1) is 0 Å². The van der Waals surface area contributed by atoms with Gasteiger partial charge < -0.3 is 71.1 Å². The first-order valence-electron chi connectivity index (χ1n) is 22.1. The molecular weight excluding hydrogens is 845 g/mol. The maximum Gasteiger partial charge on any atom is 0.119 e. The smallest absolute Gasteiger partial charge is 0.119 e. The Kier molecular flexibility index (Phi) is 26.9. The quantitative estimate of drug-likeness (QED) is 0.178. The van der Waals surface area contributed by atoms with Crippen molar-refractivity contribution in [2.45, 2.75) is 0 Å². The van der Waals surface area contributed by atoms with E-state index in [0.29, 0.717) is 170 Å². The molecular formula is C48H64N2O15. The molecule has 0 atom stereocenters. The molecule has 8 bridgehead atoms. The zero-order valence-corrected chi connectivity index (χ0v) is 37.2. The number of nitrogens with zero attached hydrogens (tertiary/aromatic N) is 2. The summed E-state index contributed by atoms with van der Waals surface area (Å²) < 4.78 is 84.9. The molecule has 0 saturated carbocycles. The summed E-state index contributed by atoms with van der Waals surface area (Å²) >= 11 is 0. The van der Waals surface area contributed by atoms with Crippen LogP contribution in [0.1, 0.15) is 0 Å². The molecule has 0 aromatic heterocycles. The minimum Gasteiger partial charge on any atom is -0.491 e. The van der Waals surface area contributed by atoms with Crippen molar-refractivity contribution >= 4 is 11.4 Å². The molecule has 0 fully saturated rings. The summed E-state index contributed by atoms with van der Waals surface area (Å²) in [6.07, 6.45) is 0. The molecule has 17 heteroatoms. The summed E-state index contributed by atoms with van der Waals surface area (Å²) in [5.74, 6) is 4.38. The molecule has 0 aliphatic carbocycles. The molecule has 17 nitrogen and oxygen atoms in total. The zero-order valence-electron chi connectivity index (χ0n) is 37.2. The van der Waals surface area contributed by atoms with Crippen LogP contribution >= 0.6 is 0 Å². The number of azo groups is 1. The highest BCUT2D eigenvalue weighted by Gasteiger charge is 2.03. The summed E-state index contributed by atoms with van der Waals surface area (Å²) in [7, 11) is 0. The van der Waals surface area contributed by atoms with Crippen molar-refractivity contribution < 1.29 is 71.1 Å². The molecule has 0 amide bonds. The van der Waals surface area contributed by atoms with Gasteiger partial charge in [0.15, 0.2) is 0 Å². The highest BCUT2D eigenvalue weighted by atomic mass is 16.6. The van der Waals surface area contributed by atoms with E-state index in [1.807, 2.05) is 97.1 Å². The molecule has 4 aromatic rings. The van der Waals surface area contributed by atoms with Gasteiger partial charge in [-0.05, 0) is 97.1 Å². The lowest BCUT2D eigenvalue weighted by atomic mass is 10.3. The van der Waals surface area contributed by atoms with Gasteiger partial charge in [-0.1, -0.05) is 0 Å². The molecule has 5 heterocycles. The first-order chi connectivity index (χ1) is 32.3. The number of rotatable bonds is 0. The third kappa shape index (κ3) is 24.7. The standard InChI is InChI=1S/C48H64N2O15/c1-5-43-6-2-41(1)49-50-42-3-7-44(8-4-42)61-36-30-55-24-18-52-20-26-57-32-38-63-46-11-15-48(16-12-46)65-40-34-59-28-22-53-21-27-58-33-39-64-47-13-9-45(10-14-47)62-37-31-56-25-19-51-17-23-54-29-35-60-43/h1-16H,17-40H2. The SMILES string of the molecule is c1cc2ccc1N=Nc1ccc(cc1)OCCOCCOCCOCCOc1ccc(cc1)OCCOCCOCCOCCOc1ccc(cc1)OCCOCCOCCOCCO2. The molecule has 9 rings (SSSR count). The van der Waals surface area contributed by atoms with Gasteiger partial charge in [0.1, 0.15) is 74.1 Å². The molecule has 0 saturated heterocycles. The Morgan fingerprint density at radius 2 is 0.323 bits per heavy atom. The van der Waals surface area contributed by atoms with Crippen molar-refractivity contribution in [3.8, 4) is 34.5 Å². The summed E-state index contributed by atoms with van der Waals surface area (Å²) in [6.45, 7) is 10.8. The third-order valence-electron chi connectivity index (χ3n) is 8.81. The minimum atomic E-state index is 0.415. The maximum atomic E-state index is 5.77. The third-order valence-corrected chi connectivity index (χ3v) is 8.81. The summed E-state index contributed by atoms with van der Waals surface area (Å²) in [5.41, 5.74) is 1.41. The van der Waals surface area contributed by atoms with Crippen molar-refractivity contribution in [1.29, 1.82) is 0 Å². The van der Waals surface area contributed by atoms with Gasteiger partial charge in [-0.3, -0.25) is 0 Å². The maximum absolute atomic E-state index is 5.77. The van der Waals surface area contributed by atoms with Gasteiger partial charge in [0.2, 0.25) is 0 Å². The van der Waals surface area contributed by atoms with Gasteiger partial charge in [0.05, 0.1) is 130 Å². The first kappa shape index (κ1) is 50.9. The number of hydrogen-bond donors (Lipinski definition) is 0. The Labute approximate surface area is 382 Å². The number of hydrogen-bond acceptors (Lipinski definition) is 17. The van der Waals surface area contributed by atoms with Crippen LogP contribution in [0.5, 0.6) is 34.5 Å². The van der Waals surface area contributed by atoms with Crippen molar-refractivity contribution in [3.05, 3.63) is 97.1 Å². The average Bonchev–Trinajstić information content (AvgIpc) is 3.34. The molecule has 65 heavy (non-hydrogen) atoms. The van der Waals surface area contributed by atoms with E-state index in [-0.39, 0.29) is 0 Å². The first-order valence-corrected chi connectivity index (χ1v) is 22.1. The summed E-state index contributed by atoms with van der Waals surface area (Å²) in [6, 6.07) is 29.7. The van der Waals surface area contributed by atoms with Crippen LogP contribution in [0, 0.1) is 0 Å². The molecule has 5 aliphatic heterocycles. The second-order valence-electron chi connectivity index (χ2n) is 13.7. The Morgan fingerprint density at radius 1 is 0.185 bits per heavy atom. The fourth-order valence-corrected chi connectivity index (χ4v) is 5.53. The molecule has 0 unspecified atom stereocenters. The predicted octanol–water partition coefficient (Wildman–Crippen LogP) is 6.94. The monoisotopic (exact) mass is 908 g/mol. The van der Waals surface area contributed by atoms with E-state index in [4.69, 9.17) is 71.1 Å². The van der Waals surface area contributed by atoms with E-state index >= 15 is 0 Å². The van der Waals surface area contributed by atoms with E-state index in [1.165, 1.54) is 0 Å². The summed E-state index contributed by atoms with van der Waals surface area (Å²) in [4.78, 5) is 0. The zero-order chi connectivity index (χ0) is 44.9. The Balaban J connectivity index is 0.935. The number of ether oxygens (including phenoxy) is 15. The van der Waals surface area contributed by atoms with Crippen LogP contribution in [-0.4, -0.2) is 159 Å². The van der Waals surface area contributed by atoms with E-state index in [2.05, 4.69) is 10.2 Å². The highest BCUT2D eigenvalue weighted by Crippen LogP contribution is 2.23. The Bertz CT molecular complexity index is 1640. The predicted molar refractivity (Wildman–Crippen MR) is 240 cm³/mol. The van der Waals surface area contributed by atoms with Crippen molar-refractivity contribution in [2.75, 3.05) is 159 Å². The van der Waals surface area contributed by atoms with Crippen LogP contribution in [0.15, 0.2) is 107 Å². The van der Waals surface area contributed by atoms with Gasteiger partial charge in [-0.25, -0.2) is 0 Å². The molecule has 5 aliphatic rings. The fourth-order valence-electron chi connectivity index (χ4n) is 5.53. The Hall–Kier alpha value is -5.08. The normalized spacial score (nSPS) is 18.3. The van der Waals surface area contributed by atoms with Gasteiger partial charge in [0, 0.05) is 0 Å². The summed E-state index contributed by atoms with van der Waals surface area (Å²) in [5, 5.41) is 8.63. The van der Waals surface area contributed by atoms with Crippen LogP contribution < -0.4 is 28.4 Å². The second kappa shape index (κ2) is 34.3. The van der Waals surface area contributed by atoms with Crippen LogP contribution in [0.4, 0.5) is 11.4 Å². The topological polar surface area (TPSA) is 163 Å². The van der Waals surface area contributed by atoms with E-state index in [1.54, 1.807) is 0 Å². The highest BCUT2D eigenvalue weighted by molar-refractivity contribution is 5.44. The van der Waals surface area contributed by atoms with Crippen molar-refractivity contribution in [2.24, 2.45) is 10.2 Å². The average molecular weight is 909 g/mol. The van der Waals surface area contributed by atoms with Gasteiger partial charge in [-0.2, -0.15) is 10.2 Å². The van der Waals surface area contributed by atoms with Crippen LogP contribution in [0.25, 0.3) is 0 Å². The van der Waals surface area contributed by atoms with Crippen LogP contribution in [0.3, 0.4) is 0 Å². The van der Waals surface area contributed by atoms with Gasteiger partial charge >= 0.3 is 0 Å². The second-order valence-corrected chi connectivity index (χ2v) is 13.7. The van der Waals surface area contributed by atoms with E-state index < -0.39 is 0 Å². The number of benzene rings is 4. The van der Waals surface area contributed by atoms with Crippen LogP contribution in [0.2, 0.25) is 0 Å². The fraction of sp³-hybridized carbons (Fsp3) is 0.500. The largest absolute Gasteiger partial charge is 0.491 e. The number of fused-ring (bicyclic) bond motifs is 3. The van der Waals surface area contributed by atoms with Crippen molar-refractivity contribution in [1.82, 2.24) is 0 Å². The molecule has 0 N–H and O–H groups in total. The molecule has 0 radical (unpaired) electrons. The Morgan fingerprint density at radius 3 is 0.492 bits per heavy atom. The lowest BCUT2D eigenvalue weighted by molar-refractivity contribution is 0.00477.